The summed E-state index contributed by atoms with van der Waals surface area (Å²) in [6, 6.07) is 8.57. The molecule has 0 unspecified atom stereocenters. The van der Waals surface area contributed by atoms with Crippen LogP contribution in [0.4, 0.5) is 5.82 Å². The second-order valence-electron chi connectivity index (χ2n) is 11.9. The molecular weight excluding hydrogens is 474 g/mol. The van der Waals surface area contributed by atoms with Gasteiger partial charge >= 0.3 is 0 Å². The van der Waals surface area contributed by atoms with Gasteiger partial charge in [0.25, 0.3) is 10.0 Å². The van der Waals surface area contributed by atoms with Gasteiger partial charge in [-0.1, -0.05) is 32.9 Å². The lowest BCUT2D eigenvalue weighted by molar-refractivity contribution is -0.137. The smallest absolute Gasteiger partial charge is 0.269 e. The summed E-state index contributed by atoms with van der Waals surface area (Å²) in [6.07, 6.45) is 8.99. The molecule has 7 rings (SSSR count). The zero-order chi connectivity index (χ0) is 25.2. The molecule has 3 aromatic rings. The first kappa shape index (κ1) is 23.5. The number of anilines is 1. The number of hydrogen-bond donors (Lipinski definition) is 2. The number of hydrogen-bond acceptors (Lipinski definition) is 6. The molecule has 4 aliphatic carbocycles. The lowest BCUT2D eigenvalue weighted by Crippen LogP contribution is -2.51. The van der Waals surface area contributed by atoms with Gasteiger partial charge in [-0.15, -0.1) is 0 Å². The normalized spacial score (nSPS) is 27.4. The third kappa shape index (κ3) is 3.97. The van der Waals surface area contributed by atoms with E-state index in [4.69, 9.17) is 0 Å². The predicted molar refractivity (Wildman–Crippen MR) is 138 cm³/mol. The van der Waals surface area contributed by atoms with E-state index in [1.807, 2.05) is 12.1 Å². The molecule has 2 aromatic heterocycles. The zero-order valence-electron chi connectivity index (χ0n) is 20.9. The number of hydrazine groups is 1. The molecule has 2 N–H and O–H groups in total. The lowest BCUT2D eigenvalue weighted by Gasteiger charge is -2.53. The van der Waals surface area contributed by atoms with E-state index in [1.165, 1.54) is 44.5 Å². The van der Waals surface area contributed by atoms with Crippen LogP contribution in [0.1, 0.15) is 58.4 Å². The van der Waals surface area contributed by atoms with Crippen molar-refractivity contribution in [1.29, 1.82) is 0 Å². The SMILES string of the molecule is CC(C)(C)c1ccc(S(=O)(=O)n2ccc3nc(NNC(=O)C4C5CC6CC(C5)CC4C6)cnc32)cc1. The van der Waals surface area contributed by atoms with Gasteiger partial charge in [-0.05, 0) is 85.0 Å². The van der Waals surface area contributed by atoms with Crippen LogP contribution in [-0.4, -0.2) is 28.3 Å². The van der Waals surface area contributed by atoms with Crippen molar-refractivity contribution in [3.05, 3.63) is 48.3 Å². The first-order valence-corrected chi connectivity index (χ1v) is 14.3. The molecule has 0 saturated heterocycles. The number of nitrogens with zero attached hydrogens (tertiary/aromatic N) is 3. The summed E-state index contributed by atoms with van der Waals surface area (Å²) in [5.74, 6) is 3.09. The lowest BCUT2D eigenvalue weighted by atomic mass is 9.52. The fraction of sp³-hybridized carbons (Fsp3) is 0.519. The molecule has 8 nitrogen and oxygen atoms in total. The Labute approximate surface area is 211 Å². The Hall–Kier alpha value is -2.94. The highest BCUT2D eigenvalue weighted by molar-refractivity contribution is 7.90. The molecule has 9 heteroatoms. The molecule has 4 saturated carbocycles. The number of amides is 1. The van der Waals surface area contributed by atoms with Gasteiger partial charge in [-0.2, -0.15) is 0 Å². The van der Waals surface area contributed by atoms with Crippen molar-refractivity contribution in [2.75, 3.05) is 5.43 Å². The summed E-state index contributed by atoms with van der Waals surface area (Å²) in [5, 5.41) is 0. The van der Waals surface area contributed by atoms with Crippen LogP contribution < -0.4 is 10.9 Å². The average Bonchev–Trinajstić information content (AvgIpc) is 3.26. The topological polar surface area (TPSA) is 106 Å². The van der Waals surface area contributed by atoms with E-state index < -0.39 is 10.0 Å². The van der Waals surface area contributed by atoms with Crippen LogP contribution in [0.3, 0.4) is 0 Å². The number of carbonyl (C=O) groups excluding carboxylic acids is 1. The number of fused-ring (bicyclic) bond motifs is 1. The first-order chi connectivity index (χ1) is 17.1. The Morgan fingerprint density at radius 2 is 1.61 bits per heavy atom. The Kier molecular flexibility index (Phi) is 5.41. The third-order valence-corrected chi connectivity index (χ3v) is 10.2. The Balaban J connectivity index is 1.17. The van der Waals surface area contributed by atoms with Crippen LogP contribution in [0.25, 0.3) is 11.2 Å². The minimum absolute atomic E-state index is 0.0320. The van der Waals surface area contributed by atoms with Crippen molar-refractivity contribution in [2.24, 2.45) is 29.6 Å². The molecule has 0 aliphatic heterocycles. The molecule has 2 heterocycles. The molecule has 1 aromatic carbocycles. The maximum absolute atomic E-state index is 13.3. The molecule has 1 amide bonds. The van der Waals surface area contributed by atoms with E-state index in [2.05, 4.69) is 41.6 Å². The van der Waals surface area contributed by atoms with Crippen molar-refractivity contribution in [1.82, 2.24) is 19.4 Å². The second kappa shape index (κ2) is 8.30. The number of aromatic nitrogens is 3. The van der Waals surface area contributed by atoms with Crippen LogP contribution in [0.5, 0.6) is 0 Å². The number of carbonyl (C=O) groups is 1. The van der Waals surface area contributed by atoms with Gasteiger partial charge < -0.3 is 0 Å². The molecule has 4 aliphatic rings. The average molecular weight is 508 g/mol. The van der Waals surface area contributed by atoms with E-state index in [1.54, 1.807) is 18.2 Å². The van der Waals surface area contributed by atoms with Crippen molar-refractivity contribution in [3.63, 3.8) is 0 Å². The summed E-state index contributed by atoms with van der Waals surface area (Å²) in [6.45, 7) is 6.26. The predicted octanol–water partition coefficient (Wildman–Crippen LogP) is 4.48. The van der Waals surface area contributed by atoms with Gasteiger partial charge in [-0.25, -0.2) is 22.4 Å². The highest BCUT2D eigenvalue weighted by Gasteiger charge is 2.50. The molecule has 190 valence electrons. The first-order valence-electron chi connectivity index (χ1n) is 12.9. The highest BCUT2D eigenvalue weighted by atomic mass is 32.2. The summed E-state index contributed by atoms with van der Waals surface area (Å²) in [5.41, 5.74) is 7.44. The monoisotopic (exact) mass is 507 g/mol. The minimum atomic E-state index is -3.82. The quantitative estimate of drug-likeness (QED) is 0.493. The van der Waals surface area contributed by atoms with Gasteiger partial charge in [0.15, 0.2) is 11.5 Å². The van der Waals surface area contributed by atoms with Crippen LogP contribution in [0, 0.1) is 29.6 Å². The molecular formula is C27H33N5O3S. The molecule has 0 spiro atoms. The standard InChI is InChI=1S/C27H33N5O3S/c1-27(2,3)20-4-6-21(7-5-20)36(34,35)32-9-8-22-25(32)28-15-23(29-22)30-31-26(33)24-18-11-16-10-17(13-18)14-19(24)12-16/h4-9,15-19,24H,10-14H2,1-3H3,(H,29,30)(H,31,33). The van der Waals surface area contributed by atoms with Crippen LogP contribution in [-0.2, 0) is 20.2 Å². The summed E-state index contributed by atoms with van der Waals surface area (Å²) in [7, 11) is -3.82. The Morgan fingerprint density at radius 3 is 2.22 bits per heavy atom. The molecule has 0 radical (unpaired) electrons. The van der Waals surface area contributed by atoms with Gasteiger partial charge in [0.2, 0.25) is 5.91 Å². The fourth-order valence-electron chi connectivity index (χ4n) is 6.94. The van der Waals surface area contributed by atoms with E-state index >= 15 is 0 Å². The maximum Gasteiger partial charge on any atom is 0.269 e. The van der Waals surface area contributed by atoms with Gasteiger partial charge in [0.05, 0.1) is 11.1 Å². The van der Waals surface area contributed by atoms with Crippen LogP contribution in [0.2, 0.25) is 0 Å². The van der Waals surface area contributed by atoms with Gasteiger partial charge in [0, 0.05) is 12.1 Å². The van der Waals surface area contributed by atoms with Crippen molar-refractivity contribution in [3.8, 4) is 0 Å². The van der Waals surface area contributed by atoms with Gasteiger partial charge in [-0.3, -0.25) is 15.6 Å². The van der Waals surface area contributed by atoms with Gasteiger partial charge in [0.1, 0.15) is 5.52 Å². The van der Waals surface area contributed by atoms with E-state index in [9.17, 15) is 13.2 Å². The number of rotatable bonds is 5. The zero-order valence-corrected chi connectivity index (χ0v) is 21.8. The molecule has 4 bridgehead atoms. The van der Waals surface area contributed by atoms with Crippen LogP contribution >= 0.6 is 0 Å². The largest absolute Gasteiger partial charge is 0.281 e. The van der Waals surface area contributed by atoms with Crippen molar-refractivity contribution >= 4 is 32.9 Å². The summed E-state index contributed by atoms with van der Waals surface area (Å²) >= 11 is 0. The summed E-state index contributed by atoms with van der Waals surface area (Å²) < 4.78 is 27.7. The van der Waals surface area contributed by atoms with Crippen molar-refractivity contribution in [2.45, 2.75) is 63.2 Å². The second-order valence-corrected chi connectivity index (χ2v) is 13.7. The fourth-order valence-corrected chi connectivity index (χ4v) is 8.24. The van der Waals surface area contributed by atoms with E-state index in [-0.39, 0.29) is 27.8 Å². The number of nitrogens with one attached hydrogen (secondary N) is 2. The Bertz CT molecular complexity index is 1390. The van der Waals surface area contributed by atoms with E-state index in [0.717, 1.165) is 21.4 Å². The highest BCUT2D eigenvalue weighted by Crippen LogP contribution is 2.56. The van der Waals surface area contributed by atoms with Crippen LogP contribution in [0.15, 0.2) is 47.6 Å². The molecule has 0 atom stereocenters. The Morgan fingerprint density at radius 1 is 0.972 bits per heavy atom. The molecule has 4 fully saturated rings. The number of benzene rings is 1. The minimum Gasteiger partial charge on any atom is -0.281 e. The molecule has 36 heavy (non-hydrogen) atoms. The maximum atomic E-state index is 13.3. The third-order valence-electron chi connectivity index (χ3n) is 8.48. The van der Waals surface area contributed by atoms with E-state index in [0.29, 0.717) is 23.2 Å². The summed E-state index contributed by atoms with van der Waals surface area (Å²) in [4.78, 5) is 22.1. The van der Waals surface area contributed by atoms with Crippen molar-refractivity contribution < 1.29 is 13.2 Å².